The summed E-state index contributed by atoms with van der Waals surface area (Å²) in [7, 11) is 0. The van der Waals surface area contributed by atoms with Gasteiger partial charge in [-0.15, -0.1) is 0 Å². The minimum atomic E-state index is -0.0677. The molecule has 3 heteroatoms. The smallest absolute Gasteiger partial charge is 0.207 e. The Morgan fingerprint density at radius 3 is 2.50 bits per heavy atom. The van der Waals surface area contributed by atoms with Gasteiger partial charge in [-0.05, 0) is 6.92 Å². The van der Waals surface area contributed by atoms with Crippen molar-refractivity contribution in [1.29, 1.82) is 0 Å². The third kappa shape index (κ3) is 0.816. The predicted octanol–water partition coefficient (Wildman–Crippen LogP) is -0.479. The van der Waals surface area contributed by atoms with Gasteiger partial charge in [0.15, 0.2) is 0 Å². The third-order valence-electron chi connectivity index (χ3n) is 1.25. The van der Waals surface area contributed by atoms with Crippen molar-refractivity contribution in [2.24, 2.45) is 0 Å². The van der Waals surface area contributed by atoms with E-state index in [9.17, 15) is 4.79 Å². The Kier molecular flexibility index (Phi) is 1.21. The molecule has 0 aromatic carbocycles. The molecule has 0 saturated carbocycles. The van der Waals surface area contributed by atoms with Gasteiger partial charge >= 0.3 is 0 Å². The molecule has 46 valence electrons. The highest BCUT2D eigenvalue weighted by molar-refractivity contribution is 5.48. The molecule has 1 heterocycles. The van der Waals surface area contributed by atoms with Crippen LogP contribution in [0.1, 0.15) is 6.92 Å². The Morgan fingerprint density at radius 2 is 2.38 bits per heavy atom. The maximum absolute atomic E-state index is 9.85. The molecular formula is C5H9NO2. The largest absolute Gasteiger partial charge is 0.376 e. The fraction of sp³-hybridized carbons (Fsp3) is 0.800. The van der Waals surface area contributed by atoms with Gasteiger partial charge in [0, 0.05) is 0 Å². The molecule has 0 aliphatic carbocycles. The third-order valence-corrected chi connectivity index (χ3v) is 1.25. The van der Waals surface area contributed by atoms with Crippen LogP contribution in [-0.4, -0.2) is 25.2 Å². The van der Waals surface area contributed by atoms with E-state index in [4.69, 9.17) is 4.74 Å². The van der Waals surface area contributed by atoms with E-state index in [1.54, 1.807) is 0 Å². The molecule has 1 fully saturated rings. The van der Waals surface area contributed by atoms with E-state index in [2.05, 4.69) is 5.32 Å². The molecule has 1 aliphatic rings. The molecule has 1 aliphatic heterocycles. The van der Waals surface area contributed by atoms with Gasteiger partial charge in [-0.3, -0.25) is 4.79 Å². The second kappa shape index (κ2) is 1.74. The van der Waals surface area contributed by atoms with Crippen molar-refractivity contribution in [2.75, 3.05) is 13.2 Å². The molecular weight excluding hydrogens is 106 g/mol. The molecule has 1 N–H and O–H groups in total. The topological polar surface area (TPSA) is 38.3 Å². The van der Waals surface area contributed by atoms with Crippen molar-refractivity contribution < 1.29 is 9.53 Å². The van der Waals surface area contributed by atoms with Gasteiger partial charge < -0.3 is 10.1 Å². The van der Waals surface area contributed by atoms with Crippen LogP contribution < -0.4 is 5.32 Å². The molecule has 0 aromatic heterocycles. The number of carbonyl (C=O) groups excluding carboxylic acids is 1. The highest BCUT2D eigenvalue weighted by atomic mass is 16.5. The van der Waals surface area contributed by atoms with E-state index in [1.165, 1.54) is 0 Å². The van der Waals surface area contributed by atoms with Gasteiger partial charge in [0.05, 0.1) is 18.8 Å². The van der Waals surface area contributed by atoms with Crippen LogP contribution in [0.2, 0.25) is 0 Å². The van der Waals surface area contributed by atoms with E-state index < -0.39 is 0 Å². The normalized spacial score (nSPS) is 23.6. The highest BCUT2D eigenvalue weighted by Gasteiger charge is 2.32. The molecule has 8 heavy (non-hydrogen) atoms. The molecule has 1 saturated heterocycles. The van der Waals surface area contributed by atoms with E-state index in [1.807, 2.05) is 6.92 Å². The number of rotatable bonds is 2. The van der Waals surface area contributed by atoms with Gasteiger partial charge in [0.25, 0.3) is 0 Å². The summed E-state index contributed by atoms with van der Waals surface area (Å²) in [5.74, 6) is 0. The van der Waals surface area contributed by atoms with Crippen molar-refractivity contribution in [3.05, 3.63) is 0 Å². The molecule has 0 spiro atoms. The van der Waals surface area contributed by atoms with Crippen LogP contribution in [0.25, 0.3) is 0 Å². The summed E-state index contributed by atoms with van der Waals surface area (Å²) in [4.78, 5) is 9.85. The van der Waals surface area contributed by atoms with E-state index in [0.717, 1.165) is 0 Å². The van der Waals surface area contributed by atoms with Crippen molar-refractivity contribution >= 4 is 6.41 Å². The first-order chi connectivity index (χ1) is 3.77. The quantitative estimate of drug-likeness (QED) is 0.494. The summed E-state index contributed by atoms with van der Waals surface area (Å²) in [6.45, 7) is 3.24. The average Bonchev–Trinajstić information content (AvgIpc) is 1.64. The van der Waals surface area contributed by atoms with Crippen LogP contribution in [0, 0.1) is 0 Å². The molecule has 1 rings (SSSR count). The monoisotopic (exact) mass is 115 g/mol. The van der Waals surface area contributed by atoms with Crippen LogP contribution in [0.5, 0.6) is 0 Å². The van der Waals surface area contributed by atoms with Crippen molar-refractivity contribution in [3.8, 4) is 0 Å². The molecule has 3 nitrogen and oxygen atoms in total. The van der Waals surface area contributed by atoms with Crippen LogP contribution in [0.4, 0.5) is 0 Å². The average molecular weight is 115 g/mol. The Labute approximate surface area is 48.0 Å². The predicted molar refractivity (Wildman–Crippen MR) is 28.4 cm³/mol. The van der Waals surface area contributed by atoms with Crippen LogP contribution in [-0.2, 0) is 9.53 Å². The van der Waals surface area contributed by atoms with Gasteiger partial charge in [0.1, 0.15) is 0 Å². The first kappa shape index (κ1) is 5.56. The van der Waals surface area contributed by atoms with Gasteiger partial charge in [-0.1, -0.05) is 0 Å². The summed E-state index contributed by atoms with van der Waals surface area (Å²) in [5, 5.41) is 2.65. The maximum Gasteiger partial charge on any atom is 0.207 e. The van der Waals surface area contributed by atoms with Crippen LogP contribution in [0.3, 0.4) is 0 Å². The lowest BCUT2D eigenvalue weighted by atomic mass is 10.0. The number of hydrogen-bond acceptors (Lipinski definition) is 2. The second-order valence-corrected chi connectivity index (χ2v) is 2.32. The van der Waals surface area contributed by atoms with E-state index in [-0.39, 0.29) is 5.54 Å². The first-order valence-corrected chi connectivity index (χ1v) is 2.56. The van der Waals surface area contributed by atoms with Crippen LogP contribution >= 0.6 is 0 Å². The lowest BCUT2D eigenvalue weighted by Crippen LogP contribution is -2.57. The first-order valence-electron chi connectivity index (χ1n) is 2.56. The van der Waals surface area contributed by atoms with Gasteiger partial charge in [0.2, 0.25) is 6.41 Å². The lowest BCUT2D eigenvalue weighted by Gasteiger charge is -2.37. The summed E-state index contributed by atoms with van der Waals surface area (Å²) < 4.78 is 4.87. The zero-order chi connectivity index (χ0) is 6.04. The Morgan fingerprint density at radius 1 is 1.75 bits per heavy atom. The second-order valence-electron chi connectivity index (χ2n) is 2.32. The summed E-state index contributed by atoms with van der Waals surface area (Å²) in [5.41, 5.74) is -0.0677. The van der Waals surface area contributed by atoms with Gasteiger partial charge in [-0.25, -0.2) is 0 Å². The maximum atomic E-state index is 9.85. The number of hydrogen-bond donors (Lipinski definition) is 1. The Hall–Kier alpha value is -0.570. The lowest BCUT2D eigenvalue weighted by molar-refractivity contribution is -0.119. The molecule has 0 bridgehead atoms. The zero-order valence-corrected chi connectivity index (χ0v) is 4.81. The molecule has 0 aromatic rings. The molecule has 0 atom stereocenters. The molecule has 0 unspecified atom stereocenters. The minimum absolute atomic E-state index is 0.0677. The number of carbonyl (C=O) groups is 1. The summed E-state index contributed by atoms with van der Waals surface area (Å²) in [6, 6.07) is 0. The van der Waals surface area contributed by atoms with E-state index in [0.29, 0.717) is 19.6 Å². The van der Waals surface area contributed by atoms with E-state index >= 15 is 0 Å². The molecule has 1 amide bonds. The summed E-state index contributed by atoms with van der Waals surface area (Å²) >= 11 is 0. The molecule has 0 radical (unpaired) electrons. The fourth-order valence-corrected chi connectivity index (χ4v) is 0.634. The summed E-state index contributed by atoms with van der Waals surface area (Å²) in [6.07, 6.45) is 0.711. The standard InChI is InChI=1S/C5H9NO2/c1-5(6-4-7)2-8-3-5/h4H,2-3H2,1H3,(H,6,7). The fourth-order valence-electron chi connectivity index (χ4n) is 0.634. The number of amides is 1. The van der Waals surface area contributed by atoms with Gasteiger partial charge in [-0.2, -0.15) is 0 Å². The van der Waals surface area contributed by atoms with Crippen molar-refractivity contribution in [1.82, 2.24) is 5.32 Å². The SMILES string of the molecule is CC1(NC=O)COC1. The Balaban J connectivity index is 2.29. The Bertz CT molecular complexity index is 98.6. The minimum Gasteiger partial charge on any atom is -0.376 e. The number of nitrogens with one attached hydrogen (secondary N) is 1. The van der Waals surface area contributed by atoms with Crippen molar-refractivity contribution in [2.45, 2.75) is 12.5 Å². The zero-order valence-electron chi connectivity index (χ0n) is 4.81. The van der Waals surface area contributed by atoms with Crippen molar-refractivity contribution in [3.63, 3.8) is 0 Å². The number of ether oxygens (including phenoxy) is 1. The highest BCUT2D eigenvalue weighted by Crippen LogP contribution is 2.13. The van der Waals surface area contributed by atoms with Crippen LogP contribution in [0.15, 0.2) is 0 Å².